The van der Waals surface area contributed by atoms with Crippen LogP contribution in [-0.4, -0.2) is 40.4 Å². The van der Waals surface area contributed by atoms with Crippen molar-refractivity contribution in [1.29, 1.82) is 0 Å². The lowest BCUT2D eigenvalue weighted by atomic mass is 10.0. The molecule has 0 radical (unpaired) electrons. The molecule has 2 aromatic rings. The van der Waals surface area contributed by atoms with E-state index in [2.05, 4.69) is 0 Å². The van der Waals surface area contributed by atoms with Gasteiger partial charge in [0, 0.05) is 12.6 Å². The molecule has 0 heterocycles. The molecule has 0 bridgehead atoms. The van der Waals surface area contributed by atoms with Crippen LogP contribution in [-0.2, 0) is 17.7 Å². The molecule has 0 saturated carbocycles. The number of benzene rings is 2. The van der Waals surface area contributed by atoms with Crippen molar-refractivity contribution >= 4 is 6.09 Å². The predicted molar refractivity (Wildman–Crippen MR) is 107 cm³/mol. The van der Waals surface area contributed by atoms with Gasteiger partial charge in [-0.3, -0.25) is 0 Å². The topological polar surface area (TPSA) is 75.8 Å². The minimum absolute atomic E-state index is 0.109. The van der Waals surface area contributed by atoms with E-state index < -0.39 is 23.8 Å². The van der Waals surface area contributed by atoms with Gasteiger partial charge in [-0.25, -0.2) is 4.79 Å². The second kappa shape index (κ2) is 9.53. The highest BCUT2D eigenvalue weighted by Gasteiger charge is 2.26. The number of aliphatic hydroxyl groups is 1. The Morgan fingerprint density at radius 3 is 2.07 bits per heavy atom. The molecule has 3 N–H and O–H groups in total. The smallest absolute Gasteiger partial charge is 0.410 e. The van der Waals surface area contributed by atoms with Crippen LogP contribution in [0.25, 0.3) is 0 Å². The second-order valence-corrected chi connectivity index (χ2v) is 7.77. The van der Waals surface area contributed by atoms with Gasteiger partial charge in [-0.15, -0.1) is 0 Å². The standard InChI is InChI=1S/C22H30N2O3/c1-22(2,3)27-21(26)24(15-18-12-8-5-9-13-18)16-20(25)19(23)14-17-10-6-4-7-11-17/h4-13,19-20,25H,14-16,23H2,1-3H3/t19?,20-/m1/s1. The Morgan fingerprint density at radius 1 is 1.04 bits per heavy atom. The van der Waals surface area contributed by atoms with E-state index in [1.165, 1.54) is 4.90 Å². The Bertz CT molecular complexity index is 699. The lowest BCUT2D eigenvalue weighted by molar-refractivity contribution is 0.00995. The van der Waals surface area contributed by atoms with E-state index in [1.54, 1.807) is 0 Å². The Kier molecular flexibility index (Phi) is 7.39. The van der Waals surface area contributed by atoms with E-state index >= 15 is 0 Å². The van der Waals surface area contributed by atoms with E-state index in [0.717, 1.165) is 11.1 Å². The van der Waals surface area contributed by atoms with E-state index in [9.17, 15) is 9.90 Å². The fraction of sp³-hybridized carbons (Fsp3) is 0.409. The van der Waals surface area contributed by atoms with Crippen molar-refractivity contribution in [1.82, 2.24) is 4.90 Å². The third-order valence-corrected chi connectivity index (χ3v) is 4.08. The van der Waals surface area contributed by atoms with Crippen LogP contribution in [0, 0.1) is 0 Å². The molecule has 2 atom stereocenters. The normalized spacial score (nSPS) is 13.7. The van der Waals surface area contributed by atoms with Gasteiger partial charge in [0.1, 0.15) is 5.60 Å². The lowest BCUT2D eigenvalue weighted by Crippen LogP contribution is -2.47. The van der Waals surface area contributed by atoms with E-state index in [-0.39, 0.29) is 6.54 Å². The number of hydrogen-bond donors (Lipinski definition) is 2. The number of amides is 1. The molecule has 27 heavy (non-hydrogen) atoms. The van der Waals surface area contributed by atoms with Crippen molar-refractivity contribution in [3.8, 4) is 0 Å². The van der Waals surface area contributed by atoms with Crippen molar-refractivity contribution in [2.24, 2.45) is 5.73 Å². The molecule has 0 saturated heterocycles. The molecular weight excluding hydrogens is 340 g/mol. The number of rotatable bonds is 7. The summed E-state index contributed by atoms with van der Waals surface area (Å²) in [5.74, 6) is 0. The van der Waals surface area contributed by atoms with E-state index in [0.29, 0.717) is 13.0 Å². The zero-order valence-electron chi connectivity index (χ0n) is 16.3. The van der Waals surface area contributed by atoms with Crippen LogP contribution in [0.1, 0.15) is 31.9 Å². The molecule has 0 spiro atoms. The molecule has 0 aliphatic rings. The summed E-state index contributed by atoms with van der Waals surface area (Å²) in [6, 6.07) is 18.9. The Hall–Kier alpha value is -2.37. The molecule has 1 amide bonds. The number of nitrogens with zero attached hydrogens (tertiary/aromatic N) is 1. The van der Waals surface area contributed by atoms with Gasteiger partial charge in [-0.1, -0.05) is 60.7 Å². The highest BCUT2D eigenvalue weighted by atomic mass is 16.6. The average molecular weight is 370 g/mol. The number of ether oxygens (including phenoxy) is 1. The molecule has 0 aliphatic heterocycles. The fourth-order valence-electron chi connectivity index (χ4n) is 2.72. The monoisotopic (exact) mass is 370 g/mol. The summed E-state index contributed by atoms with van der Waals surface area (Å²) in [6.45, 7) is 5.93. The molecule has 5 heteroatoms. The van der Waals surface area contributed by atoms with Gasteiger partial charge >= 0.3 is 6.09 Å². The van der Waals surface area contributed by atoms with Gasteiger partial charge in [0.15, 0.2) is 0 Å². The number of nitrogens with two attached hydrogens (primary N) is 1. The summed E-state index contributed by atoms with van der Waals surface area (Å²) in [6.07, 6.45) is -0.783. The van der Waals surface area contributed by atoms with Gasteiger partial charge in [0.05, 0.1) is 12.6 Å². The zero-order chi connectivity index (χ0) is 19.9. The zero-order valence-corrected chi connectivity index (χ0v) is 16.3. The lowest BCUT2D eigenvalue weighted by Gasteiger charge is -2.30. The van der Waals surface area contributed by atoms with Crippen LogP contribution in [0.5, 0.6) is 0 Å². The highest BCUT2D eigenvalue weighted by molar-refractivity contribution is 5.68. The molecule has 0 aliphatic carbocycles. The first-order valence-electron chi connectivity index (χ1n) is 9.24. The first-order valence-corrected chi connectivity index (χ1v) is 9.24. The number of aliphatic hydroxyl groups excluding tert-OH is 1. The maximum absolute atomic E-state index is 12.6. The van der Waals surface area contributed by atoms with Crippen molar-refractivity contribution in [3.05, 3.63) is 71.8 Å². The van der Waals surface area contributed by atoms with Gasteiger partial charge in [0.25, 0.3) is 0 Å². The third kappa shape index (κ3) is 7.41. The Labute approximate surface area is 161 Å². The van der Waals surface area contributed by atoms with Crippen LogP contribution < -0.4 is 5.73 Å². The Morgan fingerprint density at radius 2 is 1.56 bits per heavy atom. The van der Waals surface area contributed by atoms with Crippen molar-refractivity contribution in [2.75, 3.05) is 6.54 Å². The molecular formula is C22H30N2O3. The number of carbonyl (C=O) groups excluding carboxylic acids is 1. The van der Waals surface area contributed by atoms with Gasteiger partial charge in [-0.05, 0) is 38.3 Å². The van der Waals surface area contributed by atoms with Gasteiger partial charge in [-0.2, -0.15) is 0 Å². The van der Waals surface area contributed by atoms with Gasteiger partial charge in [0.2, 0.25) is 0 Å². The molecule has 0 fully saturated rings. The highest BCUT2D eigenvalue weighted by Crippen LogP contribution is 2.14. The van der Waals surface area contributed by atoms with Gasteiger partial charge < -0.3 is 20.5 Å². The summed E-state index contributed by atoms with van der Waals surface area (Å²) in [5, 5.41) is 10.6. The van der Waals surface area contributed by atoms with Crippen molar-refractivity contribution < 1.29 is 14.6 Å². The Balaban J connectivity index is 2.06. The predicted octanol–water partition coefficient (Wildman–Crippen LogP) is 3.35. The molecule has 5 nitrogen and oxygen atoms in total. The van der Waals surface area contributed by atoms with Crippen molar-refractivity contribution in [3.63, 3.8) is 0 Å². The maximum atomic E-state index is 12.6. The minimum atomic E-state index is -0.860. The van der Waals surface area contributed by atoms with Crippen LogP contribution >= 0.6 is 0 Å². The quantitative estimate of drug-likeness (QED) is 0.784. The summed E-state index contributed by atoms with van der Waals surface area (Å²) in [5.41, 5.74) is 7.60. The minimum Gasteiger partial charge on any atom is -0.444 e. The van der Waals surface area contributed by atoms with Crippen LogP contribution in [0.4, 0.5) is 4.79 Å². The van der Waals surface area contributed by atoms with Crippen molar-refractivity contribution in [2.45, 2.75) is 51.5 Å². The fourth-order valence-corrected chi connectivity index (χ4v) is 2.72. The first-order chi connectivity index (χ1) is 12.7. The van der Waals surface area contributed by atoms with E-state index in [4.69, 9.17) is 10.5 Å². The second-order valence-electron chi connectivity index (χ2n) is 7.77. The van der Waals surface area contributed by atoms with Crippen LogP contribution in [0.15, 0.2) is 60.7 Å². The summed E-state index contributed by atoms with van der Waals surface area (Å²) in [7, 11) is 0. The SMILES string of the molecule is CC(C)(C)OC(=O)N(Cc1ccccc1)C[C@@H](O)C(N)Cc1ccccc1. The van der Waals surface area contributed by atoms with E-state index in [1.807, 2.05) is 81.4 Å². The molecule has 146 valence electrons. The summed E-state index contributed by atoms with van der Waals surface area (Å²) < 4.78 is 5.51. The molecule has 1 unspecified atom stereocenters. The first kappa shape index (κ1) is 20.9. The molecule has 0 aromatic heterocycles. The average Bonchev–Trinajstić information content (AvgIpc) is 2.61. The third-order valence-electron chi connectivity index (χ3n) is 4.08. The van der Waals surface area contributed by atoms with Crippen LogP contribution in [0.3, 0.4) is 0 Å². The maximum Gasteiger partial charge on any atom is 0.410 e. The largest absolute Gasteiger partial charge is 0.444 e. The summed E-state index contributed by atoms with van der Waals surface area (Å²) in [4.78, 5) is 14.1. The number of carbonyl (C=O) groups is 1. The molecule has 2 rings (SSSR count). The number of hydrogen-bond acceptors (Lipinski definition) is 4. The summed E-state index contributed by atoms with van der Waals surface area (Å²) >= 11 is 0. The molecule has 2 aromatic carbocycles. The van der Waals surface area contributed by atoms with Crippen LogP contribution in [0.2, 0.25) is 0 Å².